The fourth-order valence-corrected chi connectivity index (χ4v) is 4.95. The molecule has 0 spiro atoms. The summed E-state index contributed by atoms with van der Waals surface area (Å²) in [5.74, 6) is -0.0994. The standard InChI is InChI=1S/C25H22ClN3O/c1-25-16-21(17-12-14-19(26)15-13-17)27-29(23(30)18-8-4-3-5-9-18)24(25)28(2)22-11-7-6-10-20(22)25/h3-15,24H,16H2,1-2H3/t24-,25-/m1/s1. The third kappa shape index (κ3) is 2.83. The zero-order valence-electron chi connectivity index (χ0n) is 16.9. The SMILES string of the molecule is CN1c2ccccc2[C@@]2(C)CC(c3ccc(Cl)cc3)=NN(C(=O)c3ccccc3)[C@@H]12. The van der Waals surface area contributed by atoms with Crippen LogP contribution in [0.4, 0.5) is 5.69 Å². The van der Waals surface area contributed by atoms with E-state index in [0.29, 0.717) is 10.6 Å². The number of hydrogen-bond donors (Lipinski definition) is 0. The van der Waals surface area contributed by atoms with Gasteiger partial charge in [-0.05, 0) is 41.5 Å². The number of halogens is 1. The third-order valence-electron chi connectivity index (χ3n) is 6.24. The summed E-state index contributed by atoms with van der Waals surface area (Å²) in [6.45, 7) is 2.23. The lowest BCUT2D eigenvalue weighted by Gasteiger charge is -2.44. The van der Waals surface area contributed by atoms with Gasteiger partial charge in [0.25, 0.3) is 5.91 Å². The van der Waals surface area contributed by atoms with E-state index in [0.717, 1.165) is 23.4 Å². The van der Waals surface area contributed by atoms with Crippen LogP contribution < -0.4 is 4.90 Å². The number of benzene rings is 3. The van der Waals surface area contributed by atoms with Crippen LogP contribution in [0.3, 0.4) is 0 Å². The molecule has 2 aliphatic rings. The molecular weight excluding hydrogens is 394 g/mol. The first-order chi connectivity index (χ1) is 14.5. The largest absolute Gasteiger partial charge is 0.352 e. The smallest absolute Gasteiger partial charge is 0.275 e. The molecule has 0 aromatic heterocycles. The summed E-state index contributed by atoms with van der Waals surface area (Å²) < 4.78 is 0. The van der Waals surface area contributed by atoms with E-state index in [1.165, 1.54) is 5.56 Å². The Balaban J connectivity index is 1.67. The minimum atomic E-state index is -0.285. The summed E-state index contributed by atoms with van der Waals surface area (Å²) in [7, 11) is 2.04. The van der Waals surface area contributed by atoms with Gasteiger partial charge in [0.2, 0.25) is 0 Å². The highest BCUT2D eigenvalue weighted by atomic mass is 35.5. The van der Waals surface area contributed by atoms with E-state index in [1.54, 1.807) is 5.01 Å². The Morgan fingerprint density at radius 2 is 1.67 bits per heavy atom. The Hall–Kier alpha value is -3.11. The zero-order chi connectivity index (χ0) is 20.9. The summed E-state index contributed by atoms with van der Waals surface area (Å²) >= 11 is 6.10. The Labute approximate surface area is 181 Å². The summed E-state index contributed by atoms with van der Waals surface area (Å²) in [6.07, 6.45) is 0.540. The minimum Gasteiger partial charge on any atom is -0.352 e. The normalized spacial score (nSPS) is 22.4. The van der Waals surface area contributed by atoms with Gasteiger partial charge in [-0.1, -0.05) is 67.1 Å². The molecule has 0 fully saturated rings. The molecule has 0 saturated heterocycles. The van der Waals surface area contributed by atoms with Crippen LogP contribution in [0, 0.1) is 0 Å². The van der Waals surface area contributed by atoms with Gasteiger partial charge >= 0.3 is 0 Å². The molecule has 150 valence electrons. The van der Waals surface area contributed by atoms with Crippen molar-refractivity contribution in [3.8, 4) is 0 Å². The van der Waals surface area contributed by atoms with Crippen LogP contribution in [0.2, 0.25) is 5.02 Å². The molecule has 0 radical (unpaired) electrons. The lowest BCUT2D eigenvalue weighted by Crippen LogP contribution is -2.57. The van der Waals surface area contributed by atoms with Crippen molar-refractivity contribution in [1.82, 2.24) is 5.01 Å². The number of hydrazone groups is 1. The molecule has 1 amide bonds. The van der Waals surface area contributed by atoms with Gasteiger partial charge in [0.15, 0.2) is 0 Å². The Kier molecular flexibility index (Phi) is 4.40. The van der Waals surface area contributed by atoms with Crippen LogP contribution in [0.5, 0.6) is 0 Å². The predicted molar refractivity (Wildman–Crippen MR) is 121 cm³/mol. The molecule has 2 aliphatic heterocycles. The van der Waals surface area contributed by atoms with E-state index in [9.17, 15) is 4.79 Å². The van der Waals surface area contributed by atoms with E-state index < -0.39 is 0 Å². The molecular formula is C25H22ClN3O. The first kappa shape index (κ1) is 18.9. The maximum Gasteiger partial charge on any atom is 0.275 e. The van der Waals surface area contributed by atoms with Crippen LogP contribution in [-0.2, 0) is 5.41 Å². The van der Waals surface area contributed by atoms with E-state index in [4.69, 9.17) is 16.7 Å². The molecule has 0 N–H and O–H groups in total. The molecule has 3 aromatic rings. The minimum absolute atomic E-state index is 0.0994. The Morgan fingerprint density at radius 3 is 2.40 bits per heavy atom. The summed E-state index contributed by atoms with van der Waals surface area (Å²) in [5, 5.41) is 7.25. The number of anilines is 1. The van der Waals surface area contributed by atoms with Gasteiger partial charge in [0.05, 0.1) is 5.71 Å². The average molecular weight is 416 g/mol. The van der Waals surface area contributed by atoms with Crippen LogP contribution in [-0.4, -0.2) is 29.8 Å². The molecule has 0 aliphatic carbocycles. The average Bonchev–Trinajstić information content (AvgIpc) is 3.01. The summed E-state index contributed by atoms with van der Waals surface area (Å²) in [6, 6.07) is 25.4. The van der Waals surface area contributed by atoms with Gasteiger partial charge in [-0.2, -0.15) is 5.10 Å². The molecule has 0 unspecified atom stereocenters. The third-order valence-corrected chi connectivity index (χ3v) is 6.49. The first-order valence-electron chi connectivity index (χ1n) is 10.0. The van der Waals surface area contributed by atoms with E-state index in [2.05, 4.69) is 30.0 Å². The summed E-state index contributed by atoms with van der Waals surface area (Å²) in [5.41, 5.74) is 4.60. The number of amides is 1. The second-order valence-corrected chi connectivity index (χ2v) is 8.60. The highest BCUT2D eigenvalue weighted by Gasteiger charge is 2.53. The van der Waals surface area contributed by atoms with E-state index in [-0.39, 0.29) is 17.5 Å². The van der Waals surface area contributed by atoms with Crippen LogP contribution in [0.1, 0.15) is 34.8 Å². The number of fused-ring (bicyclic) bond motifs is 3. The van der Waals surface area contributed by atoms with Crippen molar-refractivity contribution in [2.24, 2.45) is 5.10 Å². The molecule has 4 nitrogen and oxygen atoms in total. The molecule has 0 bridgehead atoms. The van der Waals surface area contributed by atoms with Crippen molar-refractivity contribution in [2.75, 3.05) is 11.9 Å². The number of likely N-dealkylation sites (N-methyl/N-ethyl adjacent to an activating group) is 1. The van der Waals surface area contributed by atoms with Gasteiger partial charge in [-0.3, -0.25) is 4.79 Å². The van der Waals surface area contributed by atoms with Gasteiger partial charge in [0.1, 0.15) is 6.17 Å². The first-order valence-corrected chi connectivity index (χ1v) is 10.4. The number of carbonyl (C=O) groups excluding carboxylic acids is 1. The highest BCUT2D eigenvalue weighted by Crippen LogP contribution is 2.50. The van der Waals surface area contributed by atoms with Gasteiger partial charge < -0.3 is 4.90 Å². The molecule has 2 atom stereocenters. The lowest BCUT2D eigenvalue weighted by molar-refractivity contribution is 0.0581. The molecule has 2 heterocycles. The molecule has 30 heavy (non-hydrogen) atoms. The highest BCUT2D eigenvalue weighted by molar-refractivity contribution is 6.30. The Bertz CT molecular complexity index is 1140. The molecule has 5 heteroatoms. The van der Waals surface area contributed by atoms with Gasteiger partial charge in [-0.15, -0.1) is 0 Å². The lowest BCUT2D eigenvalue weighted by atomic mass is 9.75. The molecule has 0 saturated carbocycles. The van der Waals surface area contributed by atoms with E-state index in [1.807, 2.05) is 67.7 Å². The maximum atomic E-state index is 13.6. The fourth-order valence-electron chi connectivity index (χ4n) is 4.82. The molecule has 3 aromatic carbocycles. The van der Waals surface area contributed by atoms with Crippen molar-refractivity contribution in [3.63, 3.8) is 0 Å². The number of para-hydroxylation sites is 1. The van der Waals surface area contributed by atoms with Crippen molar-refractivity contribution < 1.29 is 4.79 Å². The second-order valence-electron chi connectivity index (χ2n) is 8.17. The van der Waals surface area contributed by atoms with E-state index >= 15 is 0 Å². The van der Waals surface area contributed by atoms with Gasteiger partial charge in [-0.25, -0.2) is 5.01 Å². The van der Waals surface area contributed by atoms with Crippen molar-refractivity contribution in [2.45, 2.75) is 24.9 Å². The number of nitrogens with zero attached hydrogens (tertiary/aromatic N) is 3. The maximum absolute atomic E-state index is 13.6. The predicted octanol–water partition coefficient (Wildman–Crippen LogP) is 5.32. The number of rotatable bonds is 2. The van der Waals surface area contributed by atoms with Crippen molar-refractivity contribution >= 4 is 28.9 Å². The summed E-state index contributed by atoms with van der Waals surface area (Å²) in [4.78, 5) is 15.8. The quantitative estimate of drug-likeness (QED) is 0.567. The van der Waals surface area contributed by atoms with Crippen LogP contribution in [0.15, 0.2) is 84.0 Å². The van der Waals surface area contributed by atoms with Gasteiger partial charge in [0, 0.05) is 35.2 Å². The van der Waals surface area contributed by atoms with Crippen LogP contribution >= 0.6 is 11.6 Å². The number of hydrogen-bond acceptors (Lipinski definition) is 3. The Morgan fingerprint density at radius 1 is 1.00 bits per heavy atom. The van der Waals surface area contributed by atoms with Crippen molar-refractivity contribution in [1.29, 1.82) is 0 Å². The monoisotopic (exact) mass is 415 g/mol. The number of carbonyl (C=O) groups is 1. The molecule has 5 rings (SSSR count). The second kappa shape index (κ2) is 6.99. The fraction of sp³-hybridized carbons (Fsp3) is 0.200. The van der Waals surface area contributed by atoms with Crippen LogP contribution in [0.25, 0.3) is 0 Å². The zero-order valence-corrected chi connectivity index (χ0v) is 17.7. The van der Waals surface area contributed by atoms with Crippen molar-refractivity contribution in [3.05, 3.63) is 101 Å². The topological polar surface area (TPSA) is 35.9 Å².